The number of rotatable bonds is 3. The highest BCUT2D eigenvalue weighted by Gasteiger charge is 2.27. The Bertz CT molecular complexity index is 436. The van der Waals surface area contributed by atoms with Crippen molar-refractivity contribution in [2.75, 3.05) is 20.1 Å². The van der Waals surface area contributed by atoms with E-state index in [9.17, 15) is 9.18 Å². The van der Waals surface area contributed by atoms with Crippen molar-refractivity contribution in [3.8, 4) is 0 Å². The predicted octanol–water partition coefficient (Wildman–Crippen LogP) is 2.74. The lowest BCUT2D eigenvalue weighted by Crippen LogP contribution is -2.34. The van der Waals surface area contributed by atoms with Crippen LogP contribution < -0.4 is 0 Å². The minimum atomic E-state index is -1.08. The summed E-state index contributed by atoms with van der Waals surface area (Å²) < 4.78 is 14.4. The lowest BCUT2D eigenvalue weighted by molar-refractivity contribution is 0.0696. The SMILES string of the molecule is CN1CCCC(C(F)c2cccc(C(=O)O)c2)C1. The van der Waals surface area contributed by atoms with Gasteiger partial charge in [-0.2, -0.15) is 0 Å². The van der Waals surface area contributed by atoms with Gasteiger partial charge in [0.2, 0.25) is 0 Å². The first-order valence-electron chi connectivity index (χ1n) is 6.24. The average molecular weight is 251 g/mol. The van der Waals surface area contributed by atoms with Gasteiger partial charge >= 0.3 is 5.97 Å². The third-order valence-corrected chi connectivity index (χ3v) is 3.53. The van der Waals surface area contributed by atoms with Gasteiger partial charge in [-0.3, -0.25) is 0 Å². The number of nitrogens with zero attached hydrogens (tertiary/aromatic N) is 1. The Hall–Kier alpha value is -1.42. The lowest BCUT2D eigenvalue weighted by atomic mass is 9.89. The van der Waals surface area contributed by atoms with Crippen LogP contribution in [0.1, 0.15) is 34.9 Å². The second-order valence-corrected chi connectivity index (χ2v) is 5.00. The molecule has 4 heteroatoms. The van der Waals surface area contributed by atoms with Crippen molar-refractivity contribution in [2.45, 2.75) is 19.0 Å². The number of hydrogen-bond donors (Lipinski definition) is 1. The first-order valence-corrected chi connectivity index (χ1v) is 6.24. The van der Waals surface area contributed by atoms with Gasteiger partial charge in [-0.15, -0.1) is 0 Å². The first kappa shape index (κ1) is 13.0. The van der Waals surface area contributed by atoms with Crippen molar-refractivity contribution >= 4 is 5.97 Å². The van der Waals surface area contributed by atoms with Gasteiger partial charge in [0.25, 0.3) is 0 Å². The quantitative estimate of drug-likeness (QED) is 0.898. The number of carbonyl (C=O) groups is 1. The van der Waals surface area contributed by atoms with Crippen molar-refractivity contribution in [3.63, 3.8) is 0 Å². The van der Waals surface area contributed by atoms with Crippen molar-refractivity contribution in [2.24, 2.45) is 5.92 Å². The molecule has 2 unspecified atom stereocenters. The second-order valence-electron chi connectivity index (χ2n) is 5.00. The van der Waals surface area contributed by atoms with Crippen molar-refractivity contribution < 1.29 is 14.3 Å². The van der Waals surface area contributed by atoms with Crippen LogP contribution in [0.15, 0.2) is 24.3 Å². The zero-order valence-electron chi connectivity index (χ0n) is 10.5. The predicted molar refractivity (Wildman–Crippen MR) is 67.5 cm³/mol. The van der Waals surface area contributed by atoms with E-state index in [1.54, 1.807) is 12.1 Å². The lowest BCUT2D eigenvalue weighted by Gasteiger charge is -2.31. The van der Waals surface area contributed by atoms with Gasteiger partial charge in [0.1, 0.15) is 6.17 Å². The van der Waals surface area contributed by atoms with Crippen LogP contribution in [0.4, 0.5) is 4.39 Å². The van der Waals surface area contributed by atoms with Gasteiger partial charge in [0.05, 0.1) is 5.56 Å². The van der Waals surface area contributed by atoms with E-state index in [-0.39, 0.29) is 11.5 Å². The zero-order chi connectivity index (χ0) is 13.1. The summed E-state index contributed by atoms with van der Waals surface area (Å²) >= 11 is 0. The van der Waals surface area contributed by atoms with E-state index in [0.717, 1.165) is 25.9 Å². The normalized spacial score (nSPS) is 22.7. The maximum absolute atomic E-state index is 14.4. The van der Waals surface area contributed by atoms with Gasteiger partial charge in [-0.25, -0.2) is 9.18 Å². The molecule has 0 aromatic heterocycles. The molecule has 2 atom stereocenters. The summed E-state index contributed by atoms with van der Waals surface area (Å²) in [6, 6.07) is 6.22. The van der Waals surface area contributed by atoms with Crippen LogP contribution in [0.5, 0.6) is 0 Å². The van der Waals surface area contributed by atoms with E-state index < -0.39 is 12.1 Å². The minimum absolute atomic E-state index is 0.0344. The summed E-state index contributed by atoms with van der Waals surface area (Å²) in [5.41, 5.74) is 0.634. The molecule has 0 bridgehead atoms. The van der Waals surface area contributed by atoms with Gasteiger partial charge < -0.3 is 10.0 Å². The Labute approximate surface area is 106 Å². The van der Waals surface area contributed by atoms with Crippen LogP contribution in [0, 0.1) is 5.92 Å². The van der Waals surface area contributed by atoms with E-state index in [2.05, 4.69) is 4.90 Å². The van der Waals surface area contributed by atoms with Gasteiger partial charge in [0.15, 0.2) is 0 Å². The number of aromatic carboxylic acids is 1. The highest BCUT2D eigenvalue weighted by molar-refractivity contribution is 5.87. The minimum Gasteiger partial charge on any atom is -0.478 e. The van der Waals surface area contributed by atoms with E-state index in [0.29, 0.717) is 5.56 Å². The molecular weight excluding hydrogens is 233 g/mol. The molecule has 1 aromatic carbocycles. The molecular formula is C14H18FNO2. The summed E-state index contributed by atoms with van der Waals surface area (Å²) in [5.74, 6) is -1.04. The maximum Gasteiger partial charge on any atom is 0.335 e. The highest BCUT2D eigenvalue weighted by Crippen LogP contribution is 2.32. The third kappa shape index (κ3) is 2.88. The number of alkyl halides is 1. The van der Waals surface area contributed by atoms with Crippen LogP contribution in [-0.4, -0.2) is 36.1 Å². The molecule has 0 aliphatic carbocycles. The van der Waals surface area contributed by atoms with Crippen molar-refractivity contribution in [1.29, 1.82) is 0 Å². The third-order valence-electron chi connectivity index (χ3n) is 3.53. The molecule has 1 aliphatic rings. The molecule has 0 amide bonds. The Morgan fingerprint density at radius 3 is 3.00 bits per heavy atom. The number of carboxylic acid groups (broad SMARTS) is 1. The Morgan fingerprint density at radius 1 is 1.56 bits per heavy atom. The number of likely N-dealkylation sites (tertiary alicyclic amines) is 1. The highest BCUT2D eigenvalue weighted by atomic mass is 19.1. The van der Waals surface area contributed by atoms with E-state index in [1.807, 2.05) is 7.05 Å². The topological polar surface area (TPSA) is 40.5 Å². The largest absolute Gasteiger partial charge is 0.478 e. The number of benzene rings is 1. The molecule has 1 heterocycles. The number of halogens is 1. The molecule has 0 saturated carbocycles. The van der Waals surface area contributed by atoms with Crippen LogP contribution >= 0.6 is 0 Å². The maximum atomic E-state index is 14.4. The van der Waals surface area contributed by atoms with E-state index in [4.69, 9.17) is 5.11 Å². The Morgan fingerprint density at radius 2 is 2.33 bits per heavy atom. The smallest absolute Gasteiger partial charge is 0.335 e. The summed E-state index contributed by atoms with van der Waals surface area (Å²) in [7, 11) is 1.99. The summed E-state index contributed by atoms with van der Waals surface area (Å²) in [6.45, 7) is 1.75. The van der Waals surface area contributed by atoms with Crippen LogP contribution in [-0.2, 0) is 0 Å². The molecule has 0 spiro atoms. The standard InChI is InChI=1S/C14H18FNO2/c1-16-7-3-6-12(9-16)13(15)10-4-2-5-11(8-10)14(17)18/h2,4-5,8,12-13H,3,6-7,9H2,1H3,(H,17,18). The summed E-state index contributed by atoms with van der Waals surface area (Å²) in [4.78, 5) is 13.0. The van der Waals surface area contributed by atoms with E-state index >= 15 is 0 Å². The molecule has 2 rings (SSSR count). The first-order chi connectivity index (χ1) is 8.58. The molecule has 18 heavy (non-hydrogen) atoms. The van der Waals surface area contributed by atoms with Gasteiger partial charge in [-0.1, -0.05) is 12.1 Å². The fraction of sp³-hybridized carbons (Fsp3) is 0.500. The molecule has 1 N–H and O–H groups in total. The molecule has 1 fully saturated rings. The zero-order valence-corrected chi connectivity index (χ0v) is 10.5. The van der Waals surface area contributed by atoms with Crippen LogP contribution in [0.25, 0.3) is 0 Å². The molecule has 98 valence electrons. The average Bonchev–Trinajstić information content (AvgIpc) is 2.38. The van der Waals surface area contributed by atoms with Gasteiger partial charge in [-0.05, 0) is 44.1 Å². The number of hydrogen-bond acceptors (Lipinski definition) is 2. The van der Waals surface area contributed by atoms with E-state index in [1.165, 1.54) is 12.1 Å². The number of piperidine rings is 1. The molecule has 1 aliphatic heterocycles. The molecule has 0 radical (unpaired) electrons. The second kappa shape index (κ2) is 5.48. The fourth-order valence-corrected chi connectivity index (χ4v) is 2.56. The Kier molecular flexibility index (Phi) is 3.97. The molecule has 3 nitrogen and oxygen atoms in total. The van der Waals surface area contributed by atoms with Gasteiger partial charge in [0, 0.05) is 12.5 Å². The van der Waals surface area contributed by atoms with Crippen LogP contribution in [0.2, 0.25) is 0 Å². The van der Waals surface area contributed by atoms with Crippen molar-refractivity contribution in [1.82, 2.24) is 4.90 Å². The summed E-state index contributed by atoms with van der Waals surface area (Å²) in [5, 5.41) is 8.91. The van der Waals surface area contributed by atoms with Crippen LogP contribution in [0.3, 0.4) is 0 Å². The molecule has 1 saturated heterocycles. The summed E-state index contributed by atoms with van der Waals surface area (Å²) in [6.07, 6.45) is 0.787. The fourth-order valence-electron chi connectivity index (χ4n) is 2.56. The van der Waals surface area contributed by atoms with Crippen molar-refractivity contribution in [3.05, 3.63) is 35.4 Å². The molecule has 1 aromatic rings. The monoisotopic (exact) mass is 251 g/mol. The number of carboxylic acids is 1. The Balaban J connectivity index is 2.14.